The molecule has 0 aliphatic carbocycles. The predicted molar refractivity (Wildman–Crippen MR) is 137 cm³/mol. The van der Waals surface area contributed by atoms with Crippen molar-refractivity contribution < 1.29 is 4.74 Å². The molecule has 2 aromatic heterocycles. The fourth-order valence-corrected chi connectivity index (χ4v) is 4.53. The first-order valence-electron chi connectivity index (χ1n) is 11.4. The summed E-state index contributed by atoms with van der Waals surface area (Å²) in [6.45, 7) is 11.2. The molecule has 0 bridgehead atoms. The first kappa shape index (κ1) is 24.3. The lowest BCUT2D eigenvalue weighted by Crippen LogP contribution is -2.61. The Labute approximate surface area is 208 Å². The molecule has 0 unspecified atom stereocenters. The number of hydrogen-bond acceptors (Lipinski definition) is 8. The summed E-state index contributed by atoms with van der Waals surface area (Å²) in [5.41, 5.74) is 2.62. The molecule has 1 fully saturated rings. The van der Waals surface area contributed by atoms with Crippen LogP contribution in [0.2, 0.25) is 0 Å². The van der Waals surface area contributed by atoms with Gasteiger partial charge in [0.1, 0.15) is 24.5 Å². The van der Waals surface area contributed by atoms with Gasteiger partial charge in [0, 0.05) is 36.0 Å². The second-order valence-electron chi connectivity index (χ2n) is 9.42. The number of aryl methyl sites for hydroxylation is 1. The van der Waals surface area contributed by atoms with Crippen molar-refractivity contribution in [2.24, 2.45) is 0 Å². The number of rotatable bonds is 7. The monoisotopic (exact) mass is 526 g/mol. The summed E-state index contributed by atoms with van der Waals surface area (Å²) in [4.78, 5) is 14.5. The van der Waals surface area contributed by atoms with E-state index in [0.717, 1.165) is 39.1 Å². The smallest absolute Gasteiger partial charge is 0.197 e. The van der Waals surface area contributed by atoms with Crippen LogP contribution in [0.15, 0.2) is 41.3 Å². The fourth-order valence-electron chi connectivity index (χ4n) is 4.13. The second kappa shape index (κ2) is 10.2. The Morgan fingerprint density at radius 1 is 1.32 bits per heavy atom. The highest BCUT2D eigenvalue weighted by Gasteiger charge is 2.33. The predicted octanol–water partition coefficient (Wildman–Crippen LogP) is 4.10. The molecule has 9 nitrogen and oxygen atoms in total. The standard InChI is InChI=1S/C24H31BrN8O/c1-17-11-27-22-21(17)23(29-15-28-22)31-8-9-33(20(12-31)13-34-24(2,3)4)32(14-26)16-30-19-7-5-6-18(25)10-19/h5-7,10-11,15,20,30H,8-9,12-13,16H2,1-4H3,(H,27,28,29)/t20-/m1/s1. The van der Waals surface area contributed by atoms with Crippen molar-refractivity contribution in [2.75, 3.05) is 43.1 Å². The molecule has 2 N–H and O–H groups in total. The summed E-state index contributed by atoms with van der Waals surface area (Å²) in [6.07, 6.45) is 5.92. The number of piperazine rings is 1. The minimum Gasteiger partial charge on any atom is -0.374 e. The minimum atomic E-state index is -0.278. The van der Waals surface area contributed by atoms with E-state index in [1.54, 1.807) is 11.3 Å². The molecule has 0 saturated carbocycles. The van der Waals surface area contributed by atoms with Gasteiger partial charge in [-0.1, -0.05) is 22.0 Å². The molecular weight excluding hydrogens is 496 g/mol. The number of nitrogens with one attached hydrogen (secondary N) is 2. The zero-order valence-corrected chi connectivity index (χ0v) is 21.6. The molecule has 1 saturated heterocycles. The fraction of sp³-hybridized carbons (Fsp3) is 0.458. The molecule has 4 rings (SSSR count). The van der Waals surface area contributed by atoms with Gasteiger partial charge in [-0.2, -0.15) is 5.26 Å². The van der Waals surface area contributed by atoms with Crippen LogP contribution in [0.25, 0.3) is 11.0 Å². The maximum absolute atomic E-state index is 10.00. The lowest BCUT2D eigenvalue weighted by molar-refractivity contribution is -0.0845. The molecule has 1 aliphatic heterocycles. The van der Waals surface area contributed by atoms with Crippen molar-refractivity contribution in [3.8, 4) is 6.19 Å². The van der Waals surface area contributed by atoms with E-state index in [2.05, 4.69) is 59.2 Å². The summed E-state index contributed by atoms with van der Waals surface area (Å²) < 4.78 is 7.17. The Morgan fingerprint density at radius 3 is 2.88 bits per heavy atom. The Hall–Kier alpha value is -2.87. The first-order chi connectivity index (χ1) is 16.2. The third kappa shape index (κ3) is 5.60. The largest absolute Gasteiger partial charge is 0.374 e. The van der Waals surface area contributed by atoms with Crippen molar-refractivity contribution in [2.45, 2.75) is 39.3 Å². The van der Waals surface area contributed by atoms with E-state index in [-0.39, 0.29) is 11.6 Å². The Balaban J connectivity index is 1.54. The number of aromatic amines is 1. The van der Waals surface area contributed by atoms with Gasteiger partial charge >= 0.3 is 0 Å². The number of halogens is 1. The highest BCUT2D eigenvalue weighted by molar-refractivity contribution is 9.10. The van der Waals surface area contributed by atoms with Crippen molar-refractivity contribution >= 4 is 38.5 Å². The number of hydrazine groups is 1. The van der Waals surface area contributed by atoms with Crippen LogP contribution in [-0.4, -0.2) is 69.5 Å². The summed E-state index contributed by atoms with van der Waals surface area (Å²) in [5, 5.41) is 18.2. The summed E-state index contributed by atoms with van der Waals surface area (Å²) in [7, 11) is 0. The van der Waals surface area contributed by atoms with Gasteiger partial charge in [-0.3, -0.25) is 0 Å². The molecule has 0 amide bonds. The van der Waals surface area contributed by atoms with Crippen LogP contribution in [0.1, 0.15) is 26.3 Å². The van der Waals surface area contributed by atoms with Gasteiger partial charge in [0.25, 0.3) is 0 Å². The van der Waals surface area contributed by atoms with E-state index in [0.29, 0.717) is 26.4 Å². The summed E-state index contributed by atoms with van der Waals surface area (Å²) in [6, 6.07) is 7.89. The van der Waals surface area contributed by atoms with Crippen LogP contribution < -0.4 is 10.2 Å². The van der Waals surface area contributed by atoms with Gasteiger partial charge < -0.3 is 19.9 Å². The van der Waals surface area contributed by atoms with Crippen molar-refractivity contribution in [1.29, 1.82) is 5.26 Å². The molecule has 1 atom stereocenters. The Morgan fingerprint density at radius 2 is 2.15 bits per heavy atom. The van der Waals surface area contributed by atoms with E-state index in [4.69, 9.17) is 4.74 Å². The van der Waals surface area contributed by atoms with E-state index in [1.165, 1.54) is 0 Å². The molecule has 0 spiro atoms. The zero-order chi connectivity index (χ0) is 24.3. The number of anilines is 2. The van der Waals surface area contributed by atoms with Crippen molar-refractivity contribution in [1.82, 2.24) is 25.0 Å². The number of H-pyrrole nitrogens is 1. The van der Waals surface area contributed by atoms with Crippen molar-refractivity contribution in [3.63, 3.8) is 0 Å². The lowest BCUT2D eigenvalue weighted by atomic mass is 10.1. The van der Waals surface area contributed by atoms with Gasteiger partial charge in [-0.15, -0.1) is 0 Å². The van der Waals surface area contributed by atoms with Gasteiger partial charge in [0.15, 0.2) is 6.19 Å². The number of hydrogen-bond donors (Lipinski definition) is 2. The molecule has 10 heteroatoms. The Kier molecular flexibility index (Phi) is 7.26. The topological polar surface area (TPSA) is 96.3 Å². The number of nitrogens with zero attached hydrogens (tertiary/aromatic N) is 6. The maximum atomic E-state index is 10.00. The molecule has 180 valence electrons. The highest BCUT2D eigenvalue weighted by Crippen LogP contribution is 2.28. The SMILES string of the molecule is Cc1c[nH]c2ncnc(N3CCN(N(C#N)CNc4cccc(Br)c4)[C@@H](COC(C)(C)C)C3)c12. The van der Waals surface area contributed by atoms with Crippen LogP contribution in [0.5, 0.6) is 0 Å². The van der Waals surface area contributed by atoms with E-state index >= 15 is 0 Å². The number of ether oxygens (including phenoxy) is 1. The van der Waals surface area contributed by atoms with Crippen LogP contribution in [0, 0.1) is 18.4 Å². The third-order valence-electron chi connectivity index (χ3n) is 5.79. The highest BCUT2D eigenvalue weighted by atomic mass is 79.9. The molecule has 0 radical (unpaired) electrons. The van der Waals surface area contributed by atoms with E-state index in [1.807, 2.05) is 51.2 Å². The van der Waals surface area contributed by atoms with E-state index < -0.39 is 0 Å². The maximum Gasteiger partial charge on any atom is 0.197 e. The molecular formula is C24H31BrN8O. The summed E-state index contributed by atoms with van der Waals surface area (Å²) in [5.74, 6) is 0.917. The molecule has 3 heterocycles. The number of benzene rings is 1. The lowest BCUT2D eigenvalue weighted by Gasteiger charge is -2.45. The average molecular weight is 527 g/mol. The first-order valence-corrected chi connectivity index (χ1v) is 12.2. The van der Waals surface area contributed by atoms with Crippen LogP contribution in [0.3, 0.4) is 0 Å². The Bertz CT molecular complexity index is 1170. The second-order valence-corrected chi connectivity index (χ2v) is 10.3. The van der Waals surface area contributed by atoms with Gasteiger partial charge in [0.05, 0.1) is 23.6 Å². The number of aromatic nitrogens is 3. The number of fused-ring (bicyclic) bond motifs is 1. The van der Waals surface area contributed by atoms with Crippen LogP contribution in [0.4, 0.5) is 11.5 Å². The van der Waals surface area contributed by atoms with Crippen molar-refractivity contribution in [3.05, 3.63) is 46.8 Å². The molecule has 1 aliphatic rings. The van der Waals surface area contributed by atoms with Crippen LogP contribution in [-0.2, 0) is 4.74 Å². The van der Waals surface area contributed by atoms with Gasteiger partial charge in [-0.05, 0) is 51.5 Å². The van der Waals surface area contributed by atoms with Gasteiger partial charge in [0.2, 0.25) is 0 Å². The van der Waals surface area contributed by atoms with Gasteiger partial charge in [-0.25, -0.2) is 20.0 Å². The molecule has 34 heavy (non-hydrogen) atoms. The zero-order valence-electron chi connectivity index (χ0n) is 20.0. The summed E-state index contributed by atoms with van der Waals surface area (Å²) >= 11 is 3.50. The third-order valence-corrected chi connectivity index (χ3v) is 6.28. The van der Waals surface area contributed by atoms with Crippen LogP contribution >= 0.6 is 15.9 Å². The number of nitriles is 1. The quantitative estimate of drug-likeness (QED) is 0.269. The minimum absolute atomic E-state index is 0.0267. The average Bonchev–Trinajstić information content (AvgIpc) is 3.19. The normalized spacial score (nSPS) is 17.1. The molecule has 1 aromatic carbocycles. The molecule has 3 aromatic rings. The van der Waals surface area contributed by atoms with E-state index in [9.17, 15) is 5.26 Å².